The predicted octanol–water partition coefficient (Wildman–Crippen LogP) is 4.87. The van der Waals surface area contributed by atoms with E-state index in [-0.39, 0.29) is 12.4 Å². The number of ether oxygens (including phenoxy) is 1. The van der Waals surface area contributed by atoms with Crippen molar-refractivity contribution in [3.05, 3.63) is 65.2 Å². The van der Waals surface area contributed by atoms with E-state index in [0.29, 0.717) is 5.69 Å². The smallest absolute Gasteiger partial charge is 0.311 e. The van der Waals surface area contributed by atoms with Crippen molar-refractivity contribution in [2.75, 3.05) is 24.3 Å². The van der Waals surface area contributed by atoms with Crippen LogP contribution >= 0.6 is 22.7 Å². The van der Waals surface area contributed by atoms with Gasteiger partial charge in [0, 0.05) is 17.6 Å². The van der Waals surface area contributed by atoms with Crippen LogP contribution in [0.5, 0.6) is 0 Å². The summed E-state index contributed by atoms with van der Waals surface area (Å²) in [6.07, 6.45) is 1.10. The average Bonchev–Trinajstić information content (AvgIpc) is 3.35. The molecule has 0 unspecified atom stereocenters. The Kier molecular flexibility index (Phi) is 6.02. The molecule has 2 aromatic heterocycles. The number of aromatic nitrogens is 2. The van der Waals surface area contributed by atoms with Crippen molar-refractivity contribution in [3.8, 4) is 0 Å². The average molecular weight is 425 g/mol. The Balaban J connectivity index is 1.28. The number of thiazole rings is 2. The molecule has 0 saturated heterocycles. The number of carbonyl (C=O) groups excluding carboxylic acids is 1. The lowest BCUT2D eigenvalue weighted by atomic mass is 10.1. The first-order chi connectivity index (χ1) is 14.2. The van der Waals surface area contributed by atoms with Crippen LogP contribution in [-0.2, 0) is 22.4 Å². The molecular weight excluding hydrogens is 404 g/mol. The minimum absolute atomic E-state index is 0.190. The van der Waals surface area contributed by atoms with Gasteiger partial charge in [0.2, 0.25) is 0 Å². The monoisotopic (exact) mass is 424 g/mol. The minimum atomic E-state index is -0.286. The van der Waals surface area contributed by atoms with Gasteiger partial charge >= 0.3 is 5.97 Å². The fourth-order valence-electron chi connectivity index (χ4n) is 2.81. The van der Waals surface area contributed by atoms with Crippen LogP contribution in [0.4, 0.5) is 16.0 Å². The molecule has 0 atom stereocenters. The SMILES string of the molecule is COC(=O)Cc1csc(Nc2ccc(CCNc3nc4ccccc4s3)cc2)n1. The number of nitrogens with zero attached hydrogens (tertiary/aromatic N) is 2. The molecule has 0 aliphatic carbocycles. The van der Waals surface area contributed by atoms with E-state index in [2.05, 4.69) is 43.5 Å². The first kappa shape index (κ1) is 19.4. The van der Waals surface area contributed by atoms with Crippen LogP contribution in [0.1, 0.15) is 11.3 Å². The molecule has 0 aliphatic rings. The van der Waals surface area contributed by atoms with E-state index in [4.69, 9.17) is 0 Å². The predicted molar refractivity (Wildman–Crippen MR) is 119 cm³/mol. The lowest BCUT2D eigenvalue weighted by Gasteiger charge is -2.06. The second-order valence-corrected chi connectivity index (χ2v) is 8.27. The molecule has 2 heterocycles. The van der Waals surface area contributed by atoms with E-state index in [0.717, 1.165) is 34.4 Å². The van der Waals surface area contributed by atoms with Gasteiger partial charge in [0.15, 0.2) is 10.3 Å². The van der Waals surface area contributed by atoms with Crippen molar-refractivity contribution in [1.29, 1.82) is 0 Å². The number of rotatable bonds is 8. The number of nitrogens with one attached hydrogen (secondary N) is 2. The quantitative estimate of drug-likeness (QED) is 0.393. The van der Waals surface area contributed by atoms with Gasteiger partial charge in [-0.2, -0.15) is 0 Å². The molecule has 4 rings (SSSR count). The maximum atomic E-state index is 11.3. The van der Waals surface area contributed by atoms with Gasteiger partial charge in [-0.3, -0.25) is 4.79 Å². The molecule has 0 saturated carbocycles. The summed E-state index contributed by atoms with van der Waals surface area (Å²) in [6.45, 7) is 0.829. The third-order valence-electron chi connectivity index (χ3n) is 4.29. The number of carbonyl (C=O) groups is 1. The Labute approximate surface area is 176 Å². The Morgan fingerprint density at radius 2 is 1.90 bits per heavy atom. The molecule has 29 heavy (non-hydrogen) atoms. The van der Waals surface area contributed by atoms with E-state index in [1.54, 1.807) is 11.3 Å². The Morgan fingerprint density at radius 1 is 1.07 bits per heavy atom. The number of hydrogen-bond donors (Lipinski definition) is 2. The summed E-state index contributed by atoms with van der Waals surface area (Å²) in [6, 6.07) is 16.4. The molecule has 2 N–H and O–H groups in total. The van der Waals surface area contributed by atoms with Gasteiger partial charge in [0.05, 0.1) is 29.4 Å². The fourth-order valence-corrected chi connectivity index (χ4v) is 4.43. The number of fused-ring (bicyclic) bond motifs is 1. The van der Waals surface area contributed by atoms with Gasteiger partial charge < -0.3 is 15.4 Å². The molecular formula is C21H20N4O2S2. The number of hydrogen-bond acceptors (Lipinski definition) is 8. The van der Waals surface area contributed by atoms with Gasteiger partial charge in [-0.1, -0.05) is 35.6 Å². The summed E-state index contributed by atoms with van der Waals surface area (Å²) in [5, 5.41) is 10.3. The van der Waals surface area contributed by atoms with Crippen LogP contribution in [0.3, 0.4) is 0 Å². The van der Waals surface area contributed by atoms with Crippen molar-refractivity contribution in [3.63, 3.8) is 0 Å². The van der Waals surface area contributed by atoms with Crippen molar-refractivity contribution >= 4 is 54.8 Å². The first-order valence-corrected chi connectivity index (χ1v) is 10.9. The van der Waals surface area contributed by atoms with Gasteiger partial charge in [-0.25, -0.2) is 9.97 Å². The zero-order chi connectivity index (χ0) is 20.1. The molecule has 8 heteroatoms. The van der Waals surface area contributed by atoms with E-state index in [9.17, 15) is 4.79 Å². The highest BCUT2D eigenvalue weighted by atomic mass is 32.1. The summed E-state index contributed by atoms with van der Waals surface area (Å²) < 4.78 is 5.86. The number of esters is 1. The van der Waals surface area contributed by atoms with Gasteiger partial charge in [-0.15, -0.1) is 11.3 Å². The highest BCUT2D eigenvalue weighted by molar-refractivity contribution is 7.22. The Bertz CT molecular complexity index is 1070. The third kappa shape index (κ3) is 5.10. The zero-order valence-corrected chi connectivity index (χ0v) is 17.5. The lowest BCUT2D eigenvalue weighted by Crippen LogP contribution is -2.05. The Morgan fingerprint density at radius 3 is 2.69 bits per heavy atom. The summed E-state index contributed by atoms with van der Waals surface area (Å²) in [5.74, 6) is -0.286. The summed E-state index contributed by atoms with van der Waals surface area (Å²) in [4.78, 5) is 20.3. The topological polar surface area (TPSA) is 76.1 Å². The maximum Gasteiger partial charge on any atom is 0.311 e. The number of methoxy groups -OCH3 is 1. The first-order valence-electron chi connectivity index (χ1n) is 9.16. The summed E-state index contributed by atoms with van der Waals surface area (Å²) in [5.41, 5.74) is 3.95. The van der Waals surface area contributed by atoms with E-state index >= 15 is 0 Å². The molecule has 2 aromatic carbocycles. The second kappa shape index (κ2) is 9.02. The van der Waals surface area contributed by atoms with Crippen LogP contribution in [-0.4, -0.2) is 29.6 Å². The normalized spacial score (nSPS) is 10.8. The van der Waals surface area contributed by atoms with Gasteiger partial charge in [-0.05, 0) is 36.2 Å². The zero-order valence-electron chi connectivity index (χ0n) is 15.8. The van der Waals surface area contributed by atoms with E-state index in [1.807, 2.05) is 35.7 Å². The van der Waals surface area contributed by atoms with Crippen molar-refractivity contribution < 1.29 is 9.53 Å². The fraction of sp³-hybridized carbons (Fsp3) is 0.190. The highest BCUT2D eigenvalue weighted by Gasteiger charge is 2.08. The summed E-state index contributed by atoms with van der Waals surface area (Å²) >= 11 is 3.14. The molecule has 6 nitrogen and oxygen atoms in total. The molecule has 0 bridgehead atoms. The number of para-hydroxylation sites is 1. The molecule has 0 spiro atoms. The maximum absolute atomic E-state index is 11.3. The molecule has 0 amide bonds. The van der Waals surface area contributed by atoms with E-state index in [1.165, 1.54) is 28.7 Å². The molecule has 148 valence electrons. The van der Waals surface area contributed by atoms with Crippen LogP contribution in [0.15, 0.2) is 53.9 Å². The van der Waals surface area contributed by atoms with Crippen molar-refractivity contribution in [2.24, 2.45) is 0 Å². The van der Waals surface area contributed by atoms with E-state index < -0.39 is 0 Å². The standard InChI is InChI=1S/C21H20N4O2S2/c1-27-19(26)12-16-13-28-21(24-16)23-15-8-6-14(7-9-15)10-11-22-20-25-17-4-2-3-5-18(17)29-20/h2-9,13H,10-12H2,1H3,(H,22,25)(H,23,24). The summed E-state index contributed by atoms with van der Waals surface area (Å²) in [7, 11) is 1.38. The van der Waals surface area contributed by atoms with Gasteiger partial charge in [0.1, 0.15) is 0 Å². The molecule has 0 radical (unpaired) electrons. The molecule has 0 fully saturated rings. The highest BCUT2D eigenvalue weighted by Crippen LogP contribution is 2.25. The molecule has 0 aliphatic heterocycles. The molecule has 4 aromatic rings. The largest absolute Gasteiger partial charge is 0.469 e. The van der Waals surface area contributed by atoms with Gasteiger partial charge in [0.25, 0.3) is 0 Å². The number of benzene rings is 2. The van der Waals surface area contributed by atoms with Crippen LogP contribution in [0, 0.1) is 0 Å². The van der Waals surface area contributed by atoms with Crippen LogP contribution in [0.2, 0.25) is 0 Å². The second-order valence-electron chi connectivity index (χ2n) is 6.38. The van der Waals surface area contributed by atoms with Crippen molar-refractivity contribution in [1.82, 2.24) is 9.97 Å². The Hall–Kier alpha value is -2.97. The van der Waals surface area contributed by atoms with Crippen molar-refractivity contribution in [2.45, 2.75) is 12.8 Å². The van der Waals surface area contributed by atoms with Crippen LogP contribution < -0.4 is 10.6 Å². The third-order valence-corrected chi connectivity index (χ3v) is 6.09. The van der Waals surface area contributed by atoms with Crippen LogP contribution in [0.25, 0.3) is 10.2 Å². The lowest BCUT2D eigenvalue weighted by molar-refractivity contribution is -0.139. The number of anilines is 3. The minimum Gasteiger partial charge on any atom is -0.469 e.